The first-order chi connectivity index (χ1) is 16.9. The molecule has 5 rings (SSSR count). The molecular weight excluding hydrogens is 471 g/mol. The highest BCUT2D eigenvalue weighted by Gasteiger charge is 2.28. The van der Waals surface area contributed by atoms with Gasteiger partial charge in [0, 0.05) is 35.9 Å². The third-order valence-corrected chi connectivity index (χ3v) is 6.16. The number of nitrogens with zero attached hydrogens (tertiary/aromatic N) is 3. The van der Waals surface area contributed by atoms with Crippen LogP contribution in [0, 0.1) is 12.7 Å². The van der Waals surface area contributed by atoms with Crippen molar-refractivity contribution < 1.29 is 14.0 Å². The van der Waals surface area contributed by atoms with Crippen LogP contribution in [0.5, 0.6) is 0 Å². The van der Waals surface area contributed by atoms with Crippen molar-refractivity contribution in [2.75, 3.05) is 11.9 Å². The van der Waals surface area contributed by atoms with Gasteiger partial charge >= 0.3 is 0 Å². The number of hydrogen-bond acceptors (Lipinski definition) is 4. The lowest BCUT2D eigenvalue weighted by molar-refractivity contribution is -0.110. The van der Waals surface area contributed by atoms with Crippen LogP contribution in [0.1, 0.15) is 27.2 Å². The van der Waals surface area contributed by atoms with Crippen LogP contribution in [0.2, 0.25) is 5.02 Å². The second-order valence-corrected chi connectivity index (χ2v) is 8.44. The molecule has 1 aliphatic rings. The molecule has 2 aromatic carbocycles. The monoisotopic (exact) mass is 490 g/mol. The van der Waals surface area contributed by atoms with Crippen molar-refractivity contribution >= 4 is 40.8 Å². The van der Waals surface area contributed by atoms with Gasteiger partial charge in [0.1, 0.15) is 5.82 Å². The fourth-order valence-electron chi connectivity index (χ4n) is 4.06. The summed E-state index contributed by atoms with van der Waals surface area (Å²) in [7, 11) is 0. The molecule has 176 valence electrons. The first-order valence-corrected chi connectivity index (χ1v) is 11.2. The first-order valence-electron chi connectivity index (χ1n) is 10.8. The maximum Gasteiger partial charge on any atom is 0.256 e. The van der Waals surface area contributed by atoms with Gasteiger partial charge in [-0.15, -0.1) is 5.10 Å². The molecule has 0 bridgehead atoms. The molecule has 0 aliphatic carbocycles. The van der Waals surface area contributed by atoms with E-state index in [4.69, 9.17) is 11.6 Å². The average Bonchev–Trinajstić information content (AvgIpc) is 3.56. The maximum absolute atomic E-state index is 13.7. The number of carbonyl (C=O) groups is 2. The molecule has 2 amide bonds. The van der Waals surface area contributed by atoms with Crippen LogP contribution in [0.25, 0.3) is 22.8 Å². The number of amides is 2. The fraction of sp³-hybridized carbons (Fsp3) is 0.120. The Kier molecular flexibility index (Phi) is 5.92. The lowest BCUT2D eigenvalue weighted by Gasteiger charge is -2.09. The van der Waals surface area contributed by atoms with E-state index in [1.807, 2.05) is 19.1 Å². The van der Waals surface area contributed by atoms with Crippen LogP contribution >= 0.6 is 11.6 Å². The van der Waals surface area contributed by atoms with E-state index in [0.717, 1.165) is 5.56 Å². The molecule has 0 unspecified atom stereocenters. The molecular formula is C25H20ClFN6O2. The first kappa shape index (κ1) is 22.5. The van der Waals surface area contributed by atoms with Crippen molar-refractivity contribution in [2.45, 2.75) is 13.5 Å². The Morgan fingerprint density at radius 2 is 2.14 bits per heavy atom. The minimum Gasteiger partial charge on any atom is -0.361 e. The molecule has 3 N–H and O–H groups in total. The molecule has 0 spiro atoms. The Balaban J connectivity index is 1.44. The molecule has 8 nitrogen and oxygen atoms in total. The van der Waals surface area contributed by atoms with Gasteiger partial charge in [-0.05, 0) is 47.9 Å². The predicted octanol–water partition coefficient (Wildman–Crippen LogP) is 4.30. The molecule has 0 atom stereocenters. The topological polar surface area (TPSA) is 105 Å². The number of anilines is 1. The lowest BCUT2D eigenvalue weighted by atomic mass is 9.94. The summed E-state index contributed by atoms with van der Waals surface area (Å²) < 4.78 is 15.3. The zero-order valence-electron chi connectivity index (χ0n) is 18.6. The van der Waals surface area contributed by atoms with Crippen LogP contribution < -0.4 is 10.6 Å². The Bertz CT molecular complexity index is 1480. The minimum absolute atomic E-state index is 0.00241. The van der Waals surface area contributed by atoms with E-state index in [1.54, 1.807) is 41.5 Å². The summed E-state index contributed by atoms with van der Waals surface area (Å²) >= 11 is 6.00. The van der Waals surface area contributed by atoms with Crippen molar-refractivity contribution in [1.29, 1.82) is 0 Å². The molecule has 35 heavy (non-hydrogen) atoms. The van der Waals surface area contributed by atoms with Crippen molar-refractivity contribution in [1.82, 2.24) is 25.3 Å². The molecule has 0 saturated carbocycles. The van der Waals surface area contributed by atoms with E-state index in [9.17, 15) is 14.0 Å². The predicted molar refractivity (Wildman–Crippen MR) is 131 cm³/mol. The van der Waals surface area contributed by atoms with Gasteiger partial charge in [-0.25, -0.2) is 4.39 Å². The number of nitrogens with one attached hydrogen (secondary N) is 3. The van der Waals surface area contributed by atoms with E-state index in [2.05, 4.69) is 25.9 Å². The molecule has 10 heteroatoms. The highest BCUT2D eigenvalue weighted by molar-refractivity contribution is 6.36. The summed E-state index contributed by atoms with van der Waals surface area (Å²) in [6, 6.07) is 9.93. The average molecular weight is 491 g/mol. The number of rotatable bonds is 6. The molecule has 2 aromatic heterocycles. The fourth-order valence-corrected chi connectivity index (χ4v) is 4.25. The summed E-state index contributed by atoms with van der Waals surface area (Å²) in [5.74, 6) is -1.02. The number of H-pyrrole nitrogens is 1. The number of halogens is 2. The number of benzene rings is 2. The zero-order chi connectivity index (χ0) is 24.5. The van der Waals surface area contributed by atoms with Gasteiger partial charge in [0.15, 0.2) is 0 Å². The Morgan fingerprint density at radius 1 is 1.29 bits per heavy atom. The van der Waals surface area contributed by atoms with Crippen LogP contribution in [-0.4, -0.2) is 38.3 Å². The van der Waals surface area contributed by atoms with Crippen molar-refractivity contribution in [3.05, 3.63) is 88.2 Å². The minimum atomic E-state index is -0.512. The van der Waals surface area contributed by atoms with Gasteiger partial charge < -0.3 is 15.6 Å². The summed E-state index contributed by atoms with van der Waals surface area (Å²) in [4.78, 5) is 28.7. The smallest absolute Gasteiger partial charge is 0.256 e. The van der Waals surface area contributed by atoms with Crippen LogP contribution in [-0.2, 0) is 11.3 Å². The molecule has 0 radical (unpaired) electrons. The largest absolute Gasteiger partial charge is 0.361 e. The quantitative estimate of drug-likeness (QED) is 0.350. The second-order valence-electron chi connectivity index (χ2n) is 8.03. The van der Waals surface area contributed by atoms with Gasteiger partial charge in [0.2, 0.25) is 0 Å². The van der Waals surface area contributed by atoms with E-state index in [-0.39, 0.29) is 16.8 Å². The van der Waals surface area contributed by atoms with Gasteiger partial charge in [-0.3, -0.25) is 14.3 Å². The van der Waals surface area contributed by atoms with Crippen molar-refractivity contribution in [2.24, 2.45) is 0 Å². The highest BCUT2D eigenvalue weighted by atomic mass is 35.5. The van der Waals surface area contributed by atoms with E-state index in [1.165, 1.54) is 12.1 Å². The molecule has 1 aliphatic heterocycles. The zero-order valence-corrected chi connectivity index (χ0v) is 19.4. The summed E-state index contributed by atoms with van der Waals surface area (Å²) in [5, 5.41) is 13.3. The molecule has 4 aromatic rings. The van der Waals surface area contributed by atoms with Gasteiger partial charge in [-0.2, -0.15) is 0 Å². The van der Waals surface area contributed by atoms with E-state index in [0.29, 0.717) is 52.3 Å². The van der Waals surface area contributed by atoms with Crippen molar-refractivity contribution in [3.63, 3.8) is 0 Å². The number of aromatic amines is 1. The normalized spacial score (nSPS) is 13.7. The Labute approximate surface area is 204 Å². The SMILES string of the molecule is Cc1c(C(=O)NCCn2ccnn2)c[nH]c1C=C1C(=O)Nc2cccc(-c3ccc(F)c(Cl)c3)c21. The summed E-state index contributed by atoms with van der Waals surface area (Å²) in [6.45, 7) is 2.70. The number of fused-ring (bicyclic) bond motifs is 1. The number of hydrogen-bond donors (Lipinski definition) is 3. The highest BCUT2D eigenvalue weighted by Crippen LogP contribution is 2.41. The summed E-state index contributed by atoms with van der Waals surface area (Å²) in [6.07, 6.45) is 6.63. The van der Waals surface area contributed by atoms with Crippen molar-refractivity contribution in [3.8, 4) is 11.1 Å². The van der Waals surface area contributed by atoms with Crippen LogP contribution in [0.15, 0.2) is 55.0 Å². The molecule has 0 saturated heterocycles. The van der Waals surface area contributed by atoms with Gasteiger partial charge in [0.05, 0.1) is 28.9 Å². The van der Waals surface area contributed by atoms with Crippen LogP contribution in [0.4, 0.5) is 10.1 Å². The van der Waals surface area contributed by atoms with E-state index < -0.39 is 5.82 Å². The molecule has 3 heterocycles. The van der Waals surface area contributed by atoms with Gasteiger partial charge in [-0.1, -0.05) is 35.0 Å². The lowest BCUT2D eigenvalue weighted by Crippen LogP contribution is -2.27. The number of carbonyl (C=O) groups excluding carboxylic acids is 2. The second kappa shape index (κ2) is 9.19. The Morgan fingerprint density at radius 3 is 2.91 bits per heavy atom. The standard InChI is InChI=1S/C25H20ClFN6O2/c1-14-18(24(34)28-7-9-33-10-8-30-32-33)13-29-22(14)12-17-23-16(3-2-4-21(23)31-25(17)35)15-5-6-20(27)19(26)11-15/h2-6,8,10-13,29H,7,9H2,1H3,(H,28,34)(H,31,35). The summed E-state index contributed by atoms with van der Waals surface area (Å²) in [5.41, 5.74) is 5.01. The van der Waals surface area contributed by atoms with Gasteiger partial charge in [0.25, 0.3) is 11.8 Å². The Hall–Kier alpha value is -4.24. The third kappa shape index (κ3) is 4.33. The maximum atomic E-state index is 13.7. The number of aromatic nitrogens is 4. The van der Waals surface area contributed by atoms with E-state index >= 15 is 0 Å². The molecule has 0 fully saturated rings. The van der Waals surface area contributed by atoms with Crippen LogP contribution in [0.3, 0.4) is 0 Å². The third-order valence-electron chi connectivity index (χ3n) is 5.87.